The second kappa shape index (κ2) is 9.93. The first-order chi connectivity index (χ1) is 13.6. The van der Waals surface area contributed by atoms with Crippen molar-refractivity contribution >= 4 is 17.5 Å². The van der Waals surface area contributed by atoms with E-state index in [1.807, 2.05) is 47.4 Å². The molecule has 0 spiro atoms. The number of hydrogen-bond donors (Lipinski definition) is 2. The van der Waals surface area contributed by atoms with Crippen molar-refractivity contribution in [3.05, 3.63) is 65.7 Å². The maximum absolute atomic E-state index is 12.7. The van der Waals surface area contributed by atoms with E-state index in [-0.39, 0.29) is 18.4 Å². The number of likely N-dealkylation sites (tertiary alicyclic amines) is 1. The molecule has 2 N–H and O–H groups in total. The predicted octanol–water partition coefficient (Wildman–Crippen LogP) is 3.33. The van der Waals surface area contributed by atoms with Crippen LogP contribution in [0.2, 0.25) is 0 Å². The van der Waals surface area contributed by atoms with Crippen molar-refractivity contribution in [3.63, 3.8) is 0 Å². The number of anilines is 1. The molecule has 2 aromatic rings. The monoisotopic (exact) mass is 379 g/mol. The molecule has 0 saturated carbocycles. The molecular weight excluding hydrogens is 350 g/mol. The number of benzene rings is 2. The van der Waals surface area contributed by atoms with E-state index in [0.29, 0.717) is 18.0 Å². The smallest absolute Gasteiger partial charge is 0.253 e. The molecule has 0 radical (unpaired) electrons. The molecule has 1 saturated heterocycles. The third-order valence-electron chi connectivity index (χ3n) is 5.21. The van der Waals surface area contributed by atoms with Gasteiger partial charge >= 0.3 is 0 Å². The molecule has 0 aromatic heterocycles. The van der Waals surface area contributed by atoms with Crippen molar-refractivity contribution in [2.75, 3.05) is 31.5 Å². The molecule has 1 fully saturated rings. The van der Waals surface area contributed by atoms with Crippen LogP contribution in [0.5, 0.6) is 0 Å². The Labute approximate surface area is 167 Å². The van der Waals surface area contributed by atoms with E-state index in [0.717, 1.165) is 38.0 Å². The Morgan fingerprint density at radius 3 is 2.54 bits per heavy atom. The number of nitrogens with zero attached hydrogens (tertiary/aromatic N) is 1. The summed E-state index contributed by atoms with van der Waals surface area (Å²) in [5.74, 6) is 0.706. The van der Waals surface area contributed by atoms with Crippen molar-refractivity contribution in [1.29, 1.82) is 0 Å². The summed E-state index contributed by atoms with van der Waals surface area (Å²) in [5, 5.41) is 6.03. The number of hydrogen-bond acceptors (Lipinski definition) is 3. The second-order valence-corrected chi connectivity index (χ2v) is 7.49. The van der Waals surface area contributed by atoms with Gasteiger partial charge in [0.15, 0.2) is 0 Å². The number of carbonyl (C=O) groups is 2. The summed E-state index contributed by atoms with van der Waals surface area (Å²) in [4.78, 5) is 26.7. The van der Waals surface area contributed by atoms with Crippen molar-refractivity contribution in [2.45, 2.75) is 26.2 Å². The van der Waals surface area contributed by atoms with Crippen molar-refractivity contribution in [2.24, 2.45) is 5.92 Å². The lowest BCUT2D eigenvalue weighted by atomic mass is 9.98. The normalized spacial score (nSPS) is 14.5. The number of rotatable bonds is 7. The first-order valence-corrected chi connectivity index (χ1v) is 10.1. The molecule has 2 amide bonds. The van der Waals surface area contributed by atoms with E-state index in [1.165, 1.54) is 5.56 Å². The summed E-state index contributed by atoms with van der Waals surface area (Å²) in [6.45, 7) is 4.67. The van der Waals surface area contributed by atoms with Crippen LogP contribution in [0.25, 0.3) is 0 Å². The Kier molecular flexibility index (Phi) is 7.06. The Bertz CT molecular complexity index is 783. The standard InChI is InChI=1S/C23H29N3O2/c1-18-11-14-26(15-12-18)23(28)20-8-5-9-21(16-20)25-17-22(27)24-13-10-19-6-3-2-4-7-19/h2-9,16,18,25H,10-15,17H2,1H3,(H,24,27). The van der Waals surface area contributed by atoms with Crippen LogP contribution in [-0.4, -0.2) is 42.9 Å². The molecule has 0 unspecified atom stereocenters. The average molecular weight is 380 g/mol. The molecule has 28 heavy (non-hydrogen) atoms. The number of amides is 2. The van der Waals surface area contributed by atoms with Crippen molar-refractivity contribution in [3.8, 4) is 0 Å². The first kappa shape index (κ1) is 19.9. The highest BCUT2D eigenvalue weighted by Crippen LogP contribution is 2.19. The molecule has 3 rings (SSSR count). The van der Waals surface area contributed by atoms with E-state index in [9.17, 15) is 9.59 Å². The Hall–Kier alpha value is -2.82. The summed E-state index contributed by atoms with van der Waals surface area (Å²) < 4.78 is 0. The van der Waals surface area contributed by atoms with Crippen LogP contribution in [0.1, 0.15) is 35.7 Å². The Morgan fingerprint density at radius 2 is 1.79 bits per heavy atom. The van der Waals surface area contributed by atoms with Gasteiger partial charge in [0.05, 0.1) is 6.54 Å². The van der Waals surface area contributed by atoms with Gasteiger partial charge in [-0.05, 0) is 48.9 Å². The zero-order valence-corrected chi connectivity index (χ0v) is 16.5. The van der Waals surface area contributed by atoms with Crippen LogP contribution in [0.15, 0.2) is 54.6 Å². The molecule has 0 aliphatic carbocycles. The molecule has 5 heteroatoms. The zero-order chi connectivity index (χ0) is 19.8. The lowest BCUT2D eigenvalue weighted by Gasteiger charge is -2.30. The zero-order valence-electron chi connectivity index (χ0n) is 16.5. The summed E-state index contributed by atoms with van der Waals surface area (Å²) in [5.41, 5.74) is 2.66. The van der Waals surface area contributed by atoms with Gasteiger partial charge in [-0.25, -0.2) is 0 Å². The fourth-order valence-corrected chi connectivity index (χ4v) is 3.39. The largest absolute Gasteiger partial charge is 0.376 e. The van der Waals surface area contributed by atoms with Crippen LogP contribution >= 0.6 is 0 Å². The van der Waals surface area contributed by atoms with E-state index in [2.05, 4.69) is 29.7 Å². The minimum atomic E-state index is -0.0577. The van der Waals surface area contributed by atoms with Gasteiger partial charge in [-0.2, -0.15) is 0 Å². The first-order valence-electron chi connectivity index (χ1n) is 10.1. The van der Waals surface area contributed by atoms with Gasteiger partial charge in [-0.1, -0.05) is 43.3 Å². The lowest BCUT2D eigenvalue weighted by molar-refractivity contribution is -0.119. The fraction of sp³-hybridized carbons (Fsp3) is 0.391. The van der Waals surface area contributed by atoms with Gasteiger partial charge in [0.25, 0.3) is 5.91 Å². The molecule has 2 aromatic carbocycles. The fourth-order valence-electron chi connectivity index (χ4n) is 3.39. The quantitative estimate of drug-likeness (QED) is 0.776. The highest BCUT2D eigenvalue weighted by molar-refractivity contribution is 5.95. The van der Waals surface area contributed by atoms with Crippen LogP contribution in [0, 0.1) is 5.92 Å². The average Bonchev–Trinajstić information content (AvgIpc) is 2.73. The topological polar surface area (TPSA) is 61.4 Å². The molecule has 1 heterocycles. The Morgan fingerprint density at radius 1 is 1.04 bits per heavy atom. The lowest BCUT2D eigenvalue weighted by Crippen LogP contribution is -2.37. The van der Waals surface area contributed by atoms with E-state index < -0.39 is 0 Å². The molecular formula is C23H29N3O2. The number of piperidine rings is 1. The van der Waals surface area contributed by atoms with Crippen molar-refractivity contribution < 1.29 is 9.59 Å². The highest BCUT2D eigenvalue weighted by atomic mass is 16.2. The maximum atomic E-state index is 12.7. The van der Waals surface area contributed by atoms with E-state index in [4.69, 9.17) is 0 Å². The summed E-state index contributed by atoms with van der Waals surface area (Å²) >= 11 is 0. The van der Waals surface area contributed by atoms with Gasteiger partial charge in [0.2, 0.25) is 5.91 Å². The van der Waals surface area contributed by atoms with Crippen LogP contribution < -0.4 is 10.6 Å². The van der Waals surface area contributed by atoms with Gasteiger partial charge in [0.1, 0.15) is 0 Å². The summed E-state index contributed by atoms with van der Waals surface area (Å²) in [6.07, 6.45) is 2.94. The summed E-state index contributed by atoms with van der Waals surface area (Å²) in [7, 11) is 0. The van der Waals surface area contributed by atoms with Crippen LogP contribution in [-0.2, 0) is 11.2 Å². The van der Waals surface area contributed by atoms with Crippen molar-refractivity contribution in [1.82, 2.24) is 10.2 Å². The minimum absolute atomic E-state index is 0.0577. The highest BCUT2D eigenvalue weighted by Gasteiger charge is 2.21. The molecule has 5 nitrogen and oxygen atoms in total. The second-order valence-electron chi connectivity index (χ2n) is 7.49. The molecule has 148 valence electrons. The van der Waals surface area contributed by atoms with Gasteiger partial charge in [-0.3, -0.25) is 9.59 Å². The number of nitrogens with one attached hydrogen (secondary N) is 2. The van der Waals surface area contributed by atoms with Gasteiger partial charge in [0, 0.05) is 30.9 Å². The van der Waals surface area contributed by atoms with Gasteiger partial charge < -0.3 is 15.5 Å². The predicted molar refractivity (Wildman–Crippen MR) is 112 cm³/mol. The van der Waals surface area contributed by atoms with Crippen LogP contribution in [0.4, 0.5) is 5.69 Å². The third kappa shape index (κ3) is 5.84. The van der Waals surface area contributed by atoms with Gasteiger partial charge in [-0.15, -0.1) is 0 Å². The van der Waals surface area contributed by atoms with E-state index in [1.54, 1.807) is 0 Å². The molecule has 1 aliphatic heterocycles. The summed E-state index contributed by atoms with van der Waals surface area (Å²) in [6, 6.07) is 17.5. The maximum Gasteiger partial charge on any atom is 0.253 e. The molecule has 0 atom stereocenters. The van der Waals surface area contributed by atoms with E-state index >= 15 is 0 Å². The Balaban J connectivity index is 1.45. The minimum Gasteiger partial charge on any atom is -0.376 e. The molecule has 0 bridgehead atoms. The molecule has 1 aliphatic rings. The van der Waals surface area contributed by atoms with Crippen LogP contribution in [0.3, 0.4) is 0 Å². The third-order valence-corrected chi connectivity index (χ3v) is 5.21. The SMILES string of the molecule is CC1CCN(C(=O)c2cccc(NCC(=O)NCCc3ccccc3)c2)CC1. The number of carbonyl (C=O) groups excluding carboxylic acids is 2.